The molecule has 0 unspecified atom stereocenters. The lowest BCUT2D eigenvalue weighted by atomic mass is 9.81. The average Bonchev–Trinajstić information content (AvgIpc) is 1.16. The first-order valence-electron chi connectivity index (χ1n) is 48.3. The molecule has 0 saturated heterocycles. The fraction of sp³-hybridized carbons (Fsp3) is 0.143. The molecule has 3 heterocycles. The molecule has 0 N–H and O–H groups in total. The van der Waals surface area contributed by atoms with Crippen molar-refractivity contribution in [2.24, 2.45) is 0 Å². The number of benzene rings is 21. The maximum Gasteiger partial charge on any atom is 0.0541 e. The Hall–Kier alpha value is -15.4. The van der Waals surface area contributed by atoms with Crippen LogP contribution in [0.3, 0.4) is 0 Å². The van der Waals surface area contributed by atoms with E-state index in [-0.39, 0.29) is 21.7 Å². The molecule has 3 aromatic heterocycles. The standard InChI is InChI=1S/C46H41N.C44H37N.C43H35N/c1-45(2,3)32-22-26-41-39(28-32)40-29-33(46(4,5)6)23-27-42(40)47(41)34-24-20-31(21-25-34)44-37-18-12-10-16-35(37)43(30-14-8-7-9-15-30)36-17-11-13-19-38(36)44;1-28-15-23-40-37(25-28)38-26-29(2)16-24-41(38)45(40)33-20-17-31(18-21-33)42-34-13-9-10-14-35(34)43(30-11-7-6-8-12-30)39-27-32(44(3,4)5)19-22-36(39)42;1-28-18-24-36-38(26-28)42(29-12-6-5-7-13-29)35-16-9-8-15-34(35)41(36)30-19-22-32(23-20-30)44-39-17-11-10-14-33(39)37-27-31(43(2,3)4)21-25-40(37)44/h7-29H,1-6H3;6-27H,1-5H3;5-27H,1-4H3. The van der Waals surface area contributed by atoms with Gasteiger partial charge in [-0.3, -0.25) is 0 Å². The lowest BCUT2D eigenvalue weighted by molar-refractivity contribution is 0.590. The van der Waals surface area contributed by atoms with E-state index in [0.29, 0.717) is 0 Å². The van der Waals surface area contributed by atoms with E-state index in [9.17, 15) is 0 Å². The Balaban J connectivity index is 0.000000118. The molecule has 21 aromatic carbocycles. The number of aryl methyl sites for hydroxylation is 3. The minimum atomic E-state index is 0.0506. The van der Waals surface area contributed by atoms with Crippen molar-refractivity contribution in [3.05, 3.63) is 451 Å². The molecular weight excluding hydrogens is 1640 g/mol. The molecule has 660 valence electrons. The maximum atomic E-state index is 2.45. The van der Waals surface area contributed by atoms with Gasteiger partial charge in [0.1, 0.15) is 0 Å². The number of hydrogen-bond acceptors (Lipinski definition) is 0. The van der Waals surface area contributed by atoms with E-state index >= 15 is 0 Å². The van der Waals surface area contributed by atoms with Gasteiger partial charge in [-0.1, -0.05) is 403 Å². The SMILES string of the molecule is CC(C)(C)c1ccc2c(c1)c1cc(C(C)(C)C)ccc1n2-c1ccc(-c2c3ccccc3c(-c3ccccc3)c3ccccc23)cc1.Cc1ccc2c(-c3ccc(-n4c5ccccc5c5cc(C(C)(C)C)ccc54)cc3)c3ccccc3c(-c3ccccc3)c2c1.Cc1ccc2c(c1)c1cc(C)ccc1n2-c1ccc(-c2c3ccccc3c(-c3ccccc3)c3cc(C(C)(C)C)ccc23)cc1. The Morgan fingerprint density at radius 2 is 0.324 bits per heavy atom. The summed E-state index contributed by atoms with van der Waals surface area (Å²) in [7, 11) is 0. The van der Waals surface area contributed by atoms with Gasteiger partial charge in [0.15, 0.2) is 0 Å². The third-order valence-electron chi connectivity index (χ3n) is 28.5. The van der Waals surface area contributed by atoms with Crippen molar-refractivity contribution >= 4 is 130 Å². The summed E-state index contributed by atoms with van der Waals surface area (Å²) in [5, 5.41) is 23.3. The largest absolute Gasteiger partial charge is 0.309 e. The van der Waals surface area contributed by atoms with Crippen LogP contribution < -0.4 is 0 Å². The lowest BCUT2D eigenvalue weighted by Crippen LogP contribution is -2.10. The lowest BCUT2D eigenvalue weighted by Gasteiger charge is -2.23. The van der Waals surface area contributed by atoms with E-state index in [2.05, 4.69) is 530 Å². The van der Waals surface area contributed by atoms with E-state index in [4.69, 9.17) is 0 Å². The van der Waals surface area contributed by atoms with Crippen LogP contribution >= 0.6 is 0 Å². The van der Waals surface area contributed by atoms with Crippen molar-refractivity contribution < 1.29 is 0 Å². The smallest absolute Gasteiger partial charge is 0.0541 e. The van der Waals surface area contributed by atoms with Crippen molar-refractivity contribution in [3.63, 3.8) is 0 Å². The van der Waals surface area contributed by atoms with E-state index in [1.807, 2.05) is 0 Å². The van der Waals surface area contributed by atoms with Gasteiger partial charge in [-0.2, -0.15) is 0 Å². The van der Waals surface area contributed by atoms with E-state index in [1.165, 1.54) is 253 Å². The van der Waals surface area contributed by atoms with Crippen LogP contribution in [0, 0.1) is 20.8 Å². The number of nitrogens with zero attached hydrogens (tertiary/aromatic N) is 3. The molecular formula is C133H113N3. The Labute approximate surface area is 798 Å². The summed E-state index contributed by atoms with van der Waals surface area (Å²) >= 11 is 0. The van der Waals surface area contributed by atoms with Crippen LogP contribution in [0.15, 0.2) is 413 Å². The van der Waals surface area contributed by atoms with Gasteiger partial charge in [-0.05, 0) is 305 Å². The first kappa shape index (κ1) is 86.0. The summed E-state index contributed by atoms with van der Waals surface area (Å²) in [4.78, 5) is 0. The van der Waals surface area contributed by atoms with Crippen LogP contribution in [0.1, 0.15) is 122 Å². The fourth-order valence-electron chi connectivity index (χ4n) is 21.6. The Kier molecular flexibility index (Phi) is 21.3. The van der Waals surface area contributed by atoms with E-state index in [1.54, 1.807) is 0 Å². The molecule has 0 radical (unpaired) electrons. The van der Waals surface area contributed by atoms with Crippen LogP contribution in [0.5, 0.6) is 0 Å². The van der Waals surface area contributed by atoms with E-state index in [0.717, 1.165) is 0 Å². The first-order valence-corrected chi connectivity index (χ1v) is 48.3. The molecule has 0 fully saturated rings. The number of aromatic nitrogens is 3. The van der Waals surface area contributed by atoms with Crippen molar-refractivity contribution in [2.75, 3.05) is 0 Å². The highest BCUT2D eigenvalue weighted by molar-refractivity contribution is 6.25. The van der Waals surface area contributed by atoms with Crippen LogP contribution in [-0.4, -0.2) is 13.7 Å². The summed E-state index contributed by atoms with van der Waals surface area (Å²) in [5.41, 5.74) is 35.8. The van der Waals surface area contributed by atoms with Crippen molar-refractivity contribution in [3.8, 4) is 83.8 Å². The molecule has 0 bridgehead atoms. The second-order valence-corrected chi connectivity index (χ2v) is 41.7. The molecule has 3 heteroatoms. The summed E-state index contributed by atoms with van der Waals surface area (Å²) in [5.74, 6) is 0. The molecule has 0 aliphatic carbocycles. The van der Waals surface area contributed by atoms with Gasteiger partial charge in [0.05, 0.1) is 33.1 Å². The van der Waals surface area contributed by atoms with Crippen molar-refractivity contribution in [1.82, 2.24) is 13.7 Å². The van der Waals surface area contributed by atoms with Crippen LogP contribution in [0.25, 0.3) is 214 Å². The molecule has 136 heavy (non-hydrogen) atoms. The topological polar surface area (TPSA) is 14.8 Å². The molecule has 0 aliphatic heterocycles. The van der Waals surface area contributed by atoms with Gasteiger partial charge in [-0.15, -0.1) is 0 Å². The second-order valence-electron chi connectivity index (χ2n) is 41.7. The van der Waals surface area contributed by atoms with Crippen LogP contribution in [0.4, 0.5) is 0 Å². The number of rotatable bonds is 9. The molecule has 3 nitrogen and oxygen atoms in total. The zero-order chi connectivity index (χ0) is 93.4. The quantitative estimate of drug-likeness (QED) is 0.128. The first-order chi connectivity index (χ1) is 65.7. The molecule has 24 aromatic rings. The van der Waals surface area contributed by atoms with Crippen molar-refractivity contribution in [1.29, 1.82) is 0 Å². The zero-order valence-electron chi connectivity index (χ0n) is 80.6. The minimum absolute atomic E-state index is 0.0506. The van der Waals surface area contributed by atoms with Gasteiger partial charge in [0, 0.05) is 49.4 Å². The van der Waals surface area contributed by atoms with Gasteiger partial charge in [-0.25, -0.2) is 0 Å². The Bertz CT molecular complexity index is 8650. The minimum Gasteiger partial charge on any atom is -0.309 e. The highest BCUT2D eigenvalue weighted by atomic mass is 15.0. The summed E-state index contributed by atoms with van der Waals surface area (Å²) < 4.78 is 7.28. The number of para-hydroxylation sites is 1. The predicted octanol–water partition coefficient (Wildman–Crippen LogP) is 37.4. The zero-order valence-corrected chi connectivity index (χ0v) is 80.6. The summed E-state index contributed by atoms with van der Waals surface area (Å²) in [6.45, 7) is 34.1. The summed E-state index contributed by atoms with van der Waals surface area (Å²) in [6, 6.07) is 153. The number of hydrogen-bond donors (Lipinski definition) is 0. The monoisotopic (exact) mass is 1750 g/mol. The molecule has 0 amide bonds. The third-order valence-corrected chi connectivity index (χ3v) is 28.5. The fourth-order valence-corrected chi connectivity index (χ4v) is 21.6. The van der Waals surface area contributed by atoms with Gasteiger partial charge < -0.3 is 13.7 Å². The molecule has 0 aliphatic rings. The van der Waals surface area contributed by atoms with E-state index < -0.39 is 0 Å². The summed E-state index contributed by atoms with van der Waals surface area (Å²) in [6.07, 6.45) is 0. The predicted molar refractivity (Wildman–Crippen MR) is 589 cm³/mol. The molecule has 0 spiro atoms. The van der Waals surface area contributed by atoms with Gasteiger partial charge in [0.2, 0.25) is 0 Å². The second kappa shape index (κ2) is 33.6. The normalized spacial score (nSPS) is 12.2. The highest BCUT2D eigenvalue weighted by Gasteiger charge is 2.28. The molecule has 0 atom stereocenters. The number of fused-ring (bicyclic) bond motifs is 15. The van der Waals surface area contributed by atoms with Crippen LogP contribution in [-0.2, 0) is 21.7 Å². The van der Waals surface area contributed by atoms with Gasteiger partial charge >= 0.3 is 0 Å². The maximum absolute atomic E-state index is 2.45. The molecule has 24 rings (SSSR count). The van der Waals surface area contributed by atoms with Crippen molar-refractivity contribution in [2.45, 2.75) is 126 Å². The van der Waals surface area contributed by atoms with Gasteiger partial charge in [0.25, 0.3) is 0 Å². The molecule has 0 saturated carbocycles. The Morgan fingerprint density at radius 1 is 0.140 bits per heavy atom. The average molecular weight is 1750 g/mol. The highest BCUT2D eigenvalue weighted by Crippen LogP contribution is 2.51. The third kappa shape index (κ3) is 15.2. The Morgan fingerprint density at radius 3 is 0.618 bits per heavy atom. The van der Waals surface area contributed by atoms with Crippen LogP contribution in [0.2, 0.25) is 0 Å².